The van der Waals surface area contributed by atoms with Crippen molar-refractivity contribution in [1.82, 2.24) is 10.0 Å². The molecule has 178 valence electrons. The Hall–Kier alpha value is -3.43. The lowest BCUT2D eigenvalue weighted by Gasteiger charge is -2.25. The molecule has 0 aliphatic heterocycles. The molecule has 0 bridgehead atoms. The summed E-state index contributed by atoms with van der Waals surface area (Å²) in [6.07, 6.45) is 0.286. The fourth-order valence-corrected chi connectivity index (χ4v) is 3.75. The van der Waals surface area contributed by atoms with Crippen molar-refractivity contribution in [1.29, 1.82) is 0 Å². The molecule has 0 fully saturated rings. The summed E-state index contributed by atoms with van der Waals surface area (Å²) in [5.41, 5.74) is 1.66. The van der Waals surface area contributed by atoms with Crippen LogP contribution < -0.4 is 24.4 Å². The van der Waals surface area contributed by atoms with E-state index < -0.39 is 17.9 Å². The Labute approximate surface area is 206 Å². The van der Waals surface area contributed by atoms with Gasteiger partial charge in [-0.15, -0.1) is 0 Å². The first-order valence-electron chi connectivity index (χ1n) is 10.3. The van der Waals surface area contributed by atoms with E-state index >= 15 is 0 Å². The Balaban J connectivity index is 1.67. The quantitative estimate of drug-likeness (QED) is 0.357. The van der Waals surface area contributed by atoms with E-state index in [0.29, 0.717) is 16.5 Å². The Bertz CT molecular complexity index is 1120. The highest BCUT2D eigenvalue weighted by atomic mass is 35.5. The van der Waals surface area contributed by atoms with Crippen LogP contribution in [0.2, 0.25) is 5.02 Å². The van der Waals surface area contributed by atoms with Crippen molar-refractivity contribution >= 4 is 47.0 Å². The van der Waals surface area contributed by atoms with Gasteiger partial charge in [0.2, 0.25) is 5.91 Å². The minimum absolute atomic E-state index is 0.119. The Morgan fingerprint density at radius 2 is 1.79 bits per heavy atom. The zero-order valence-electron chi connectivity index (χ0n) is 18.5. The monoisotopic (exact) mass is 502 g/mol. The second-order valence-electron chi connectivity index (χ2n) is 7.24. The summed E-state index contributed by atoms with van der Waals surface area (Å²) in [6, 6.07) is 19.0. The molecule has 3 aromatic carbocycles. The molecule has 10 heteroatoms. The summed E-state index contributed by atoms with van der Waals surface area (Å²) in [5.74, 6) is -0.149. The first-order valence-corrected chi connectivity index (χ1v) is 11.5. The van der Waals surface area contributed by atoms with Crippen LogP contribution in [0.15, 0.2) is 72.8 Å². The molecule has 0 saturated carbocycles. The highest BCUT2D eigenvalue weighted by Gasteiger charge is 2.25. The van der Waals surface area contributed by atoms with E-state index in [1.165, 1.54) is 23.1 Å². The molecule has 0 aromatic heterocycles. The number of likely N-dealkylation sites (N-methyl/N-ethyl adjacent to an activating group) is 1. The predicted molar refractivity (Wildman–Crippen MR) is 135 cm³/mol. The van der Waals surface area contributed by atoms with E-state index in [2.05, 4.69) is 14.8 Å². The standard InChI is InChI=1S/C24H24ClFN4O3S/c1-30(18-9-11-19(33-2)12-10-18)23(31)22(14-16-6-4-3-5-7-16)27-24(32)29-34-28-21-15-17(25)8-13-20(21)26/h3-13,15,22,28H,14H2,1-2H3,(H2,27,29,32). The number of hydrogen-bond donors (Lipinski definition) is 3. The maximum Gasteiger partial charge on any atom is 0.326 e. The maximum absolute atomic E-state index is 13.8. The Kier molecular flexibility index (Phi) is 9.00. The number of methoxy groups -OCH3 is 1. The molecule has 3 N–H and O–H groups in total. The average Bonchev–Trinajstić information content (AvgIpc) is 2.85. The molecule has 1 atom stereocenters. The topological polar surface area (TPSA) is 82.7 Å². The van der Waals surface area contributed by atoms with Gasteiger partial charge in [0.25, 0.3) is 0 Å². The predicted octanol–water partition coefficient (Wildman–Crippen LogP) is 5.04. The molecular weight excluding hydrogens is 479 g/mol. The van der Waals surface area contributed by atoms with Crippen molar-refractivity contribution in [2.75, 3.05) is 23.8 Å². The Morgan fingerprint density at radius 1 is 1.09 bits per heavy atom. The summed E-state index contributed by atoms with van der Waals surface area (Å²) in [6.45, 7) is 0. The lowest BCUT2D eigenvalue weighted by Crippen LogP contribution is -2.50. The van der Waals surface area contributed by atoms with Gasteiger partial charge < -0.3 is 19.7 Å². The van der Waals surface area contributed by atoms with E-state index in [-0.39, 0.29) is 18.0 Å². The van der Waals surface area contributed by atoms with Crippen LogP contribution in [0.4, 0.5) is 20.6 Å². The van der Waals surface area contributed by atoms with E-state index in [0.717, 1.165) is 17.7 Å². The van der Waals surface area contributed by atoms with Gasteiger partial charge in [-0.1, -0.05) is 41.9 Å². The molecule has 0 aliphatic carbocycles. The van der Waals surface area contributed by atoms with Gasteiger partial charge in [-0.2, -0.15) is 0 Å². The molecular formula is C24H24ClFN4O3S. The second kappa shape index (κ2) is 12.2. The summed E-state index contributed by atoms with van der Waals surface area (Å²) in [4.78, 5) is 27.3. The minimum atomic E-state index is -0.849. The zero-order valence-corrected chi connectivity index (χ0v) is 20.1. The number of anilines is 2. The third-order valence-electron chi connectivity index (χ3n) is 4.91. The highest BCUT2D eigenvalue weighted by Crippen LogP contribution is 2.22. The van der Waals surface area contributed by atoms with Crippen LogP contribution in [-0.2, 0) is 11.2 Å². The summed E-state index contributed by atoms with van der Waals surface area (Å²) >= 11 is 6.63. The van der Waals surface area contributed by atoms with Crippen LogP contribution in [0.1, 0.15) is 5.56 Å². The molecule has 3 amide bonds. The average molecular weight is 503 g/mol. The molecule has 0 spiro atoms. The van der Waals surface area contributed by atoms with Crippen LogP contribution >= 0.6 is 23.7 Å². The summed E-state index contributed by atoms with van der Waals surface area (Å²) in [5, 5.41) is 3.06. The summed E-state index contributed by atoms with van der Waals surface area (Å²) in [7, 11) is 3.20. The van der Waals surface area contributed by atoms with Gasteiger partial charge in [-0.3, -0.25) is 9.52 Å². The fourth-order valence-electron chi connectivity index (χ4n) is 3.11. The van der Waals surface area contributed by atoms with Gasteiger partial charge in [0.05, 0.1) is 24.9 Å². The van der Waals surface area contributed by atoms with Crippen LogP contribution in [0.5, 0.6) is 5.75 Å². The molecule has 0 aliphatic rings. The first-order chi connectivity index (χ1) is 16.4. The van der Waals surface area contributed by atoms with Gasteiger partial charge >= 0.3 is 6.03 Å². The highest BCUT2D eigenvalue weighted by molar-refractivity contribution is 7.99. The van der Waals surface area contributed by atoms with E-state index in [1.54, 1.807) is 38.4 Å². The number of carbonyl (C=O) groups excluding carboxylic acids is 2. The SMILES string of the molecule is COc1ccc(N(C)C(=O)C(Cc2ccccc2)NC(=O)NSNc2cc(Cl)ccc2F)cc1. The van der Waals surface area contributed by atoms with E-state index in [4.69, 9.17) is 16.3 Å². The number of amides is 3. The number of carbonyl (C=O) groups is 2. The normalized spacial score (nSPS) is 11.3. The molecule has 0 heterocycles. The number of nitrogens with one attached hydrogen (secondary N) is 3. The lowest BCUT2D eigenvalue weighted by molar-refractivity contribution is -0.120. The van der Waals surface area contributed by atoms with Crippen LogP contribution in [0.3, 0.4) is 0 Å². The zero-order chi connectivity index (χ0) is 24.5. The number of hydrogen-bond acceptors (Lipinski definition) is 5. The number of ether oxygens (including phenoxy) is 1. The van der Waals surface area contributed by atoms with Crippen molar-refractivity contribution < 1.29 is 18.7 Å². The molecule has 1 unspecified atom stereocenters. The Morgan fingerprint density at radius 3 is 2.47 bits per heavy atom. The van der Waals surface area contributed by atoms with Crippen molar-refractivity contribution in [3.63, 3.8) is 0 Å². The largest absolute Gasteiger partial charge is 0.497 e. The third-order valence-corrected chi connectivity index (χ3v) is 5.75. The number of rotatable bonds is 9. The fraction of sp³-hybridized carbons (Fsp3) is 0.167. The van der Waals surface area contributed by atoms with Crippen LogP contribution in [0, 0.1) is 5.82 Å². The second-order valence-corrected chi connectivity index (χ2v) is 8.29. The lowest BCUT2D eigenvalue weighted by atomic mass is 10.0. The molecule has 0 radical (unpaired) electrons. The maximum atomic E-state index is 13.8. The first kappa shape index (κ1) is 25.2. The van der Waals surface area contributed by atoms with Gasteiger partial charge in [-0.05, 0) is 48.0 Å². The van der Waals surface area contributed by atoms with Gasteiger partial charge in [-0.25, -0.2) is 9.18 Å². The van der Waals surface area contributed by atoms with Crippen LogP contribution in [0.25, 0.3) is 0 Å². The molecule has 7 nitrogen and oxygen atoms in total. The molecule has 3 aromatic rings. The number of urea groups is 1. The van der Waals surface area contributed by atoms with Gasteiger partial charge in [0, 0.05) is 24.2 Å². The van der Waals surface area contributed by atoms with E-state index in [9.17, 15) is 14.0 Å². The summed E-state index contributed by atoms with van der Waals surface area (Å²) < 4.78 is 24.2. The number of nitrogens with zero attached hydrogens (tertiary/aromatic N) is 1. The van der Waals surface area contributed by atoms with Crippen molar-refractivity contribution in [2.45, 2.75) is 12.5 Å². The number of halogens is 2. The van der Waals surface area contributed by atoms with Gasteiger partial charge in [0.1, 0.15) is 17.6 Å². The molecule has 3 rings (SSSR count). The third kappa shape index (κ3) is 7.03. The van der Waals surface area contributed by atoms with Crippen molar-refractivity contribution in [3.8, 4) is 5.75 Å². The molecule has 0 saturated heterocycles. The smallest absolute Gasteiger partial charge is 0.326 e. The van der Waals surface area contributed by atoms with E-state index in [1.807, 2.05) is 30.3 Å². The van der Waals surface area contributed by atoms with Crippen LogP contribution in [-0.4, -0.2) is 32.1 Å². The van der Waals surface area contributed by atoms with Crippen molar-refractivity contribution in [2.24, 2.45) is 0 Å². The molecule has 34 heavy (non-hydrogen) atoms. The number of benzene rings is 3. The van der Waals surface area contributed by atoms with Crippen molar-refractivity contribution in [3.05, 3.63) is 89.2 Å². The minimum Gasteiger partial charge on any atom is -0.497 e. The van der Waals surface area contributed by atoms with Gasteiger partial charge in [0.15, 0.2) is 0 Å².